The lowest BCUT2D eigenvalue weighted by atomic mass is 10.1. The van der Waals surface area contributed by atoms with Crippen molar-refractivity contribution in [3.63, 3.8) is 0 Å². The van der Waals surface area contributed by atoms with Crippen LogP contribution in [0.5, 0.6) is 0 Å². The molecule has 140 valence electrons. The Labute approximate surface area is 161 Å². The number of rotatable bonds is 5. The van der Waals surface area contributed by atoms with Crippen molar-refractivity contribution in [3.05, 3.63) is 78.0 Å². The standard InChI is InChI=1S/C20H19N7O/c1-13-10-16(8-9-18(13)27-12-22-25-26-27)20(28)23-14(2)19-21-11-17(24-19)15-6-4-3-5-7-15/h3-12,14H,1-2H3,(H,21,24)(H,23,28). The highest BCUT2D eigenvalue weighted by molar-refractivity contribution is 5.94. The van der Waals surface area contributed by atoms with Gasteiger partial charge in [-0.2, -0.15) is 0 Å². The van der Waals surface area contributed by atoms with Gasteiger partial charge in [0.25, 0.3) is 5.91 Å². The van der Waals surface area contributed by atoms with Crippen molar-refractivity contribution in [2.75, 3.05) is 0 Å². The van der Waals surface area contributed by atoms with E-state index in [1.807, 2.05) is 56.3 Å². The number of aryl methyl sites for hydroxylation is 1. The average molecular weight is 373 g/mol. The van der Waals surface area contributed by atoms with Gasteiger partial charge in [0.05, 0.1) is 23.6 Å². The van der Waals surface area contributed by atoms with E-state index in [0.717, 1.165) is 22.5 Å². The summed E-state index contributed by atoms with van der Waals surface area (Å²) in [4.78, 5) is 20.3. The minimum atomic E-state index is -0.260. The van der Waals surface area contributed by atoms with E-state index >= 15 is 0 Å². The second-order valence-electron chi connectivity index (χ2n) is 6.50. The highest BCUT2D eigenvalue weighted by Crippen LogP contribution is 2.19. The Kier molecular flexibility index (Phi) is 4.67. The fraction of sp³-hybridized carbons (Fsp3) is 0.150. The Hall–Kier alpha value is -3.81. The SMILES string of the molecule is Cc1cc(C(=O)NC(C)c2ncc(-c3ccccc3)[nH]2)ccc1-n1cnnn1. The molecule has 2 aromatic heterocycles. The molecular weight excluding hydrogens is 354 g/mol. The highest BCUT2D eigenvalue weighted by atomic mass is 16.1. The van der Waals surface area contributed by atoms with Crippen LogP contribution in [0.2, 0.25) is 0 Å². The lowest BCUT2D eigenvalue weighted by molar-refractivity contribution is 0.0938. The van der Waals surface area contributed by atoms with Crippen molar-refractivity contribution in [2.45, 2.75) is 19.9 Å². The van der Waals surface area contributed by atoms with Crippen LogP contribution in [0.4, 0.5) is 0 Å². The summed E-state index contributed by atoms with van der Waals surface area (Å²) in [6.45, 7) is 3.81. The van der Waals surface area contributed by atoms with Crippen molar-refractivity contribution in [3.8, 4) is 16.9 Å². The fourth-order valence-electron chi connectivity index (χ4n) is 2.99. The number of hydrogen-bond acceptors (Lipinski definition) is 5. The number of nitrogens with one attached hydrogen (secondary N) is 2. The molecule has 8 heteroatoms. The Morgan fingerprint density at radius 1 is 1.18 bits per heavy atom. The third-order valence-corrected chi connectivity index (χ3v) is 4.49. The van der Waals surface area contributed by atoms with Gasteiger partial charge in [-0.25, -0.2) is 9.67 Å². The molecule has 1 unspecified atom stereocenters. The van der Waals surface area contributed by atoms with Crippen molar-refractivity contribution in [2.24, 2.45) is 0 Å². The number of benzene rings is 2. The lowest BCUT2D eigenvalue weighted by Gasteiger charge is -2.13. The molecule has 1 amide bonds. The second-order valence-corrected chi connectivity index (χ2v) is 6.50. The molecule has 4 aromatic rings. The molecule has 0 aliphatic heterocycles. The molecule has 0 saturated carbocycles. The Balaban J connectivity index is 1.48. The van der Waals surface area contributed by atoms with E-state index in [2.05, 4.69) is 30.8 Å². The van der Waals surface area contributed by atoms with Gasteiger partial charge in [-0.3, -0.25) is 4.79 Å². The van der Waals surface area contributed by atoms with Gasteiger partial charge in [-0.1, -0.05) is 30.3 Å². The Morgan fingerprint density at radius 3 is 2.71 bits per heavy atom. The molecule has 0 radical (unpaired) electrons. The summed E-state index contributed by atoms with van der Waals surface area (Å²) in [7, 11) is 0. The van der Waals surface area contributed by atoms with Gasteiger partial charge in [-0.05, 0) is 53.6 Å². The maximum atomic E-state index is 12.7. The van der Waals surface area contributed by atoms with Crippen LogP contribution in [-0.4, -0.2) is 36.1 Å². The molecule has 2 N–H and O–H groups in total. The molecule has 0 saturated heterocycles. The topological polar surface area (TPSA) is 101 Å². The van der Waals surface area contributed by atoms with Gasteiger partial charge < -0.3 is 10.3 Å². The molecule has 0 bridgehead atoms. The number of tetrazole rings is 1. The zero-order valence-corrected chi connectivity index (χ0v) is 15.5. The molecule has 0 aliphatic rings. The number of carbonyl (C=O) groups excluding carboxylic acids is 1. The number of imidazole rings is 1. The van der Waals surface area contributed by atoms with Crippen molar-refractivity contribution in [1.82, 2.24) is 35.5 Å². The van der Waals surface area contributed by atoms with Gasteiger partial charge in [-0.15, -0.1) is 5.10 Å². The van der Waals surface area contributed by atoms with Crippen molar-refractivity contribution >= 4 is 5.91 Å². The van der Waals surface area contributed by atoms with Gasteiger partial charge in [0, 0.05) is 5.56 Å². The van der Waals surface area contributed by atoms with Gasteiger partial charge in [0.2, 0.25) is 0 Å². The zero-order chi connectivity index (χ0) is 19.5. The molecule has 2 heterocycles. The van der Waals surface area contributed by atoms with E-state index < -0.39 is 0 Å². The van der Waals surface area contributed by atoms with Crippen molar-refractivity contribution in [1.29, 1.82) is 0 Å². The van der Waals surface area contributed by atoms with Gasteiger partial charge >= 0.3 is 0 Å². The number of H-pyrrole nitrogens is 1. The van der Waals surface area contributed by atoms with E-state index in [1.54, 1.807) is 16.9 Å². The Bertz CT molecular complexity index is 1090. The van der Waals surface area contributed by atoms with E-state index in [9.17, 15) is 4.79 Å². The van der Waals surface area contributed by atoms with Crippen LogP contribution in [0.15, 0.2) is 61.1 Å². The highest BCUT2D eigenvalue weighted by Gasteiger charge is 2.16. The first-order chi connectivity index (χ1) is 13.6. The minimum Gasteiger partial charge on any atom is -0.342 e. The molecule has 0 spiro atoms. The number of amides is 1. The first kappa shape index (κ1) is 17.6. The largest absolute Gasteiger partial charge is 0.342 e. The third kappa shape index (κ3) is 3.52. The molecule has 0 fully saturated rings. The summed E-state index contributed by atoms with van der Waals surface area (Å²) in [5, 5.41) is 14.1. The quantitative estimate of drug-likeness (QED) is 0.560. The fourth-order valence-corrected chi connectivity index (χ4v) is 2.99. The average Bonchev–Trinajstić information content (AvgIpc) is 3.41. The maximum absolute atomic E-state index is 12.7. The first-order valence-corrected chi connectivity index (χ1v) is 8.87. The molecule has 2 aromatic carbocycles. The lowest BCUT2D eigenvalue weighted by Crippen LogP contribution is -2.27. The van der Waals surface area contributed by atoms with Crippen molar-refractivity contribution < 1.29 is 4.79 Å². The molecule has 1 atom stereocenters. The molecule has 4 rings (SSSR count). The third-order valence-electron chi connectivity index (χ3n) is 4.49. The summed E-state index contributed by atoms with van der Waals surface area (Å²) in [6.07, 6.45) is 3.30. The van der Waals surface area contributed by atoms with Gasteiger partial charge in [0.15, 0.2) is 0 Å². The number of nitrogens with zero attached hydrogens (tertiary/aromatic N) is 5. The van der Waals surface area contributed by atoms with Crippen LogP contribution in [0, 0.1) is 6.92 Å². The second kappa shape index (κ2) is 7.43. The normalized spacial score (nSPS) is 11.9. The number of hydrogen-bond donors (Lipinski definition) is 2. The zero-order valence-electron chi connectivity index (χ0n) is 15.5. The van der Waals surface area contributed by atoms with E-state index in [0.29, 0.717) is 11.4 Å². The number of carbonyl (C=O) groups is 1. The number of aromatic amines is 1. The molecule has 0 aliphatic carbocycles. The molecule has 8 nitrogen and oxygen atoms in total. The number of aromatic nitrogens is 6. The Morgan fingerprint density at radius 2 is 2.00 bits per heavy atom. The molecule has 28 heavy (non-hydrogen) atoms. The van der Waals surface area contributed by atoms with Crippen LogP contribution in [0.25, 0.3) is 16.9 Å². The van der Waals surface area contributed by atoms with E-state index in [-0.39, 0.29) is 11.9 Å². The monoisotopic (exact) mass is 373 g/mol. The minimum absolute atomic E-state index is 0.170. The molecular formula is C20H19N7O. The summed E-state index contributed by atoms with van der Waals surface area (Å²) < 4.78 is 1.56. The van der Waals surface area contributed by atoms with Crippen LogP contribution in [0.3, 0.4) is 0 Å². The van der Waals surface area contributed by atoms with Crippen LogP contribution >= 0.6 is 0 Å². The predicted molar refractivity (Wildman–Crippen MR) is 104 cm³/mol. The van der Waals surface area contributed by atoms with Crippen LogP contribution in [0.1, 0.15) is 34.7 Å². The summed E-state index contributed by atoms with van der Waals surface area (Å²) in [5.41, 5.74) is 4.26. The summed E-state index contributed by atoms with van der Waals surface area (Å²) >= 11 is 0. The van der Waals surface area contributed by atoms with Crippen LogP contribution < -0.4 is 5.32 Å². The summed E-state index contributed by atoms with van der Waals surface area (Å²) in [5.74, 6) is 0.533. The van der Waals surface area contributed by atoms with Crippen LogP contribution in [-0.2, 0) is 0 Å². The predicted octanol–water partition coefficient (Wildman–Crippen LogP) is 2.85. The van der Waals surface area contributed by atoms with Gasteiger partial charge in [0.1, 0.15) is 12.2 Å². The smallest absolute Gasteiger partial charge is 0.251 e. The first-order valence-electron chi connectivity index (χ1n) is 8.87. The van der Waals surface area contributed by atoms with E-state index in [1.165, 1.54) is 6.33 Å². The maximum Gasteiger partial charge on any atom is 0.251 e. The summed E-state index contributed by atoms with van der Waals surface area (Å²) in [6, 6.07) is 15.1. The van der Waals surface area contributed by atoms with E-state index in [4.69, 9.17) is 0 Å².